The zero-order valence-corrected chi connectivity index (χ0v) is 21.4. The van der Waals surface area contributed by atoms with Crippen molar-refractivity contribution in [2.24, 2.45) is 0 Å². The third-order valence-electron chi connectivity index (χ3n) is 4.77. The van der Waals surface area contributed by atoms with E-state index in [2.05, 4.69) is 36.8 Å². The maximum absolute atomic E-state index is 5.72. The van der Waals surface area contributed by atoms with Crippen LogP contribution in [0.3, 0.4) is 0 Å². The van der Waals surface area contributed by atoms with Crippen LogP contribution in [0.1, 0.15) is 20.3 Å². The molecule has 1 N–H and O–H groups in total. The van der Waals surface area contributed by atoms with Crippen LogP contribution in [-0.2, 0) is 22.1 Å². The second kappa shape index (κ2) is 14.0. The fraction of sp³-hybridized carbons (Fsp3) is 0.875. The first kappa shape index (κ1) is 26.0. The molecular weight excluding hydrogens is 384 g/mol. The van der Waals surface area contributed by atoms with Crippen molar-refractivity contribution >= 4 is 26.9 Å². The Labute approximate surface area is 164 Å². The quantitative estimate of drug-likeness (QED) is 0.294. The highest BCUT2D eigenvalue weighted by Crippen LogP contribution is 2.18. The Morgan fingerprint density at radius 3 is 1.92 bits per heavy atom. The van der Waals surface area contributed by atoms with E-state index in [1.165, 1.54) is 4.82 Å². The molecule has 0 unspecified atom stereocenters. The van der Waals surface area contributed by atoms with Crippen LogP contribution in [0.25, 0.3) is 0 Å². The molecule has 0 fully saturated rings. The zero-order chi connectivity index (χ0) is 20.1. The Kier molecular flexibility index (Phi) is 14.0. The molecule has 0 radical (unpaired) electrons. The van der Waals surface area contributed by atoms with E-state index in [0.29, 0.717) is 0 Å². The Morgan fingerprint density at radius 2 is 1.50 bits per heavy atom. The van der Waals surface area contributed by atoms with E-state index in [0.717, 1.165) is 38.3 Å². The molecule has 0 aromatic carbocycles. The normalized spacial score (nSPS) is 13.8. The first-order valence-electron chi connectivity index (χ1n) is 9.32. The van der Waals surface area contributed by atoms with Crippen LogP contribution in [0, 0.1) is 0 Å². The van der Waals surface area contributed by atoms with Gasteiger partial charge in [0, 0.05) is 48.6 Å². The lowest BCUT2D eigenvalue weighted by molar-refractivity contribution is 0.136. The van der Waals surface area contributed by atoms with Gasteiger partial charge in [0.15, 0.2) is 0 Å². The maximum Gasteiger partial charge on any atom is 0.528 e. The molecule has 156 valence electrons. The van der Waals surface area contributed by atoms with Crippen molar-refractivity contribution in [2.75, 3.05) is 61.4 Å². The molecule has 7 nitrogen and oxygen atoms in total. The monoisotopic (exact) mass is 424 g/mol. The van der Waals surface area contributed by atoms with Crippen LogP contribution >= 0.6 is 0 Å². The molecule has 10 heteroatoms. The lowest BCUT2D eigenvalue weighted by Gasteiger charge is -2.29. The second-order valence-corrected chi connectivity index (χ2v) is 15.2. The van der Waals surface area contributed by atoms with Crippen LogP contribution in [-0.4, -0.2) is 93.1 Å². The summed E-state index contributed by atoms with van der Waals surface area (Å²) in [6.07, 6.45) is 4.24. The Morgan fingerprint density at radius 1 is 0.962 bits per heavy atom. The van der Waals surface area contributed by atoms with Crippen LogP contribution in [0.2, 0.25) is 12.6 Å². The van der Waals surface area contributed by atoms with Gasteiger partial charge in [-0.25, -0.2) is 0 Å². The lowest BCUT2D eigenvalue weighted by Crippen LogP contribution is -2.49. The number of rotatable bonds is 16. The van der Waals surface area contributed by atoms with Crippen molar-refractivity contribution in [1.82, 2.24) is 10.2 Å². The molecule has 26 heavy (non-hydrogen) atoms. The van der Waals surface area contributed by atoms with Gasteiger partial charge in [-0.15, -0.1) is 0 Å². The summed E-state index contributed by atoms with van der Waals surface area (Å²) >= 11 is 0. The van der Waals surface area contributed by atoms with Gasteiger partial charge in [-0.05, 0) is 56.6 Å². The largest absolute Gasteiger partial charge is 0.528 e. The van der Waals surface area contributed by atoms with E-state index >= 15 is 0 Å². The summed E-state index contributed by atoms with van der Waals surface area (Å²) in [5, 5.41) is 3.56. The van der Waals surface area contributed by atoms with E-state index in [1.54, 1.807) is 35.5 Å². The highest BCUT2D eigenvalue weighted by molar-refractivity contribution is 6.83. The fourth-order valence-corrected chi connectivity index (χ4v) is 9.74. The molecule has 0 rings (SSSR count). The van der Waals surface area contributed by atoms with Crippen LogP contribution < -0.4 is 5.32 Å². The molecule has 0 aromatic heterocycles. The van der Waals surface area contributed by atoms with E-state index < -0.39 is 26.9 Å². The van der Waals surface area contributed by atoms with Gasteiger partial charge < -0.3 is 32.3 Å². The number of nitrogens with one attached hydrogen (secondary N) is 1. The topological polar surface area (TPSA) is 61.4 Å². The van der Waals surface area contributed by atoms with Gasteiger partial charge in [0.2, 0.25) is 0 Å². The van der Waals surface area contributed by atoms with Gasteiger partial charge in [-0.2, -0.15) is 0 Å². The lowest BCUT2D eigenvalue weighted by atomic mass is 10.5. The number of nitrogens with zero attached hydrogens (tertiary/aromatic N) is 1. The van der Waals surface area contributed by atoms with Crippen molar-refractivity contribution in [3.8, 4) is 0 Å². The third kappa shape index (κ3) is 8.32. The van der Waals surface area contributed by atoms with Crippen molar-refractivity contribution in [1.29, 1.82) is 0 Å². The van der Waals surface area contributed by atoms with Crippen LogP contribution in [0.15, 0.2) is 11.0 Å². The van der Waals surface area contributed by atoms with E-state index in [4.69, 9.17) is 22.1 Å². The first-order valence-corrected chi connectivity index (χ1v) is 15.3. The van der Waals surface area contributed by atoms with Gasteiger partial charge >= 0.3 is 17.4 Å². The molecule has 0 amide bonds. The minimum atomic E-state index is -2.74. The molecule has 0 aromatic rings. The molecule has 0 atom stereocenters. The Bertz CT molecular complexity index is 382. The summed E-state index contributed by atoms with van der Waals surface area (Å²) in [7, 11) is 3.21. The molecule has 0 aliphatic rings. The van der Waals surface area contributed by atoms with Crippen molar-refractivity contribution < 1.29 is 22.1 Å². The molecule has 0 bridgehead atoms. The highest BCUT2D eigenvalue weighted by Gasteiger charge is 2.42. The Hall–Kier alpha value is -0.0494. The summed E-state index contributed by atoms with van der Waals surface area (Å²) < 4.78 is 28.2. The van der Waals surface area contributed by atoms with Crippen LogP contribution in [0.5, 0.6) is 0 Å². The summed E-state index contributed by atoms with van der Waals surface area (Å²) in [4.78, 5) is 3.50. The molecular formula is C16H40N2O5Si3. The van der Waals surface area contributed by atoms with Crippen molar-refractivity contribution in [3.05, 3.63) is 11.0 Å². The molecule has 0 spiro atoms. The summed E-state index contributed by atoms with van der Waals surface area (Å²) in [6.45, 7) is 9.28. The highest BCUT2D eigenvalue weighted by atomic mass is 28.4. The van der Waals surface area contributed by atoms with Crippen molar-refractivity contribution in [2.45, 2.75) is 32.9 Å². The van der Waals surface area contributed by atoms with Gasteiger partial charge in [0.25, 0.3) is 0 Å². The number of hydrogen-bond donors (Lipinski definition) is 1. The van der Waals surface area contributed by atoms with Gasteiger partial charge in [-0.3, -0.25) is 0 Å². The maximum atomic E-state index is 5.72. The smallest absolute Gasteiger partial charge is 0.398 e. The minimum Gasteiger partial charge on any atom is -0.398 e. The van der Waals surface area contributed by atoms with Crippen LogP contribution in [0.4, 0.5) is 0 Å². The summed E-state index contributed by atoms with van der Waals surface area (Å²) in [5.41, 5.74) is 0. The molecule has 0 saturated carbocycles. The molecule has 0 heterocycles. The molecule has 0 saturated heterocycles. The average Bonchev–Trinajstić information content (AvgIpc) is 2.69. The second-order valence-electron chi connectivity index (χ2n) is 6.19. The number of hydrogen-bond acceptors (Lipinski definition) is 7. The average molecular weight is 425 g/mol. The van der Waals surface area contributed by atoms with E-state index in [9.17, 15) is 0 Å². The van der Waals surface area contributed by atoms with E-state index in [-0.39, 0.29) is 0 Å². The standard InChI is InChI=1S/C16H40N2O5Si3/c1-9-18(10-2)14-16(26(21-5,22-6)23-7)24-15-17-12-11-13-25(8,19-3)20-4/h14,17H,9-13,15,24H2,1-8H3. The predicted octanol–water partition coefficient (Wildman–Crippen LogP) is 1.06. The third-order valence-corrected chi connectivity index (χ3v) is 13.7. The van der Waals surface area contributed by atoms with Gasteiger partial charge in [0.1, 0.15) is 0 Å². The SMILES string of the molecule is CCN(C=C([SiH2]CNCCC[Si](C)(OC)OC)[Si](OC)(OC)OC)CC. The first-order chi connectivity index (χ1) is 12.4. The summed E-state index contributed by atoms with van der Waals surface area (Å²) in [5.74, 6) is 0. The summed E-state index contributed by atoms with van der Waals surface area (Å²) in [6, 6.07) is 0.990. The molecule has 0 aliphatic heterocycles. The van der Waals surface area contributed by atoms with Gasteiger partial charge in [0.05, 0.1) is 9.52 Å². The van der Waals surface area contributed by atoms with E-state index in [1.807, 2.05) is 0 Å². The zero-order valence-electron chi connectivity index (χ0n) is 18.0. The minimum absolute atomic E-state index is 0.602. The Balaban J connectivity index is 4.72. The van der Waals surface area contributed by atoms with Gasteiger partial charge in [-0.1, -0.05) is 0 Å². The molecule has 0 aliphatic carbocycles. The predicted molar refractivity (Wildman–Crippen MR) is 114 cm³/mol. The fourth-order valence-electron chi connectivity index (χ4n) is 2.74. The van der Waals surface area contributed by atoms with Crippen molar-refractivity contribution in [3.63, 3.8) is 0 Å².